The van der Waals surface area contributed by atoms with E-state index in [4.69, 9.17) is 9.47 Å². The summed E-state index contributed by atoms with van der Waals surface area (Å²) in [7, 11) is 0. The standard InChI is InChI=1S/C11H12O3.2CH4/c1-2-11(12)14-9-8-13-10-6-4-3-5-7-10;;/h2-7H,1,8-9H2;2*1H4. The average Bonchev–Trinajstić information content (AvgIpc) is 2.25. The highest BCUT2D eigenvalue weighted by atomic mass is 16.6. The maximum Gasteiger partial charge on any atom is 0.330 e. The van der Waals surface area contributed by atoms with Gasteiger partial charge in [-0.1, -0.05) is 39.6 Å². The van der Waals surface area contributed by atoms with E-state index in [1.54, 1.807) is 0 Å². The summed E-state index contributed by atoms with van der Waals surface area (Å²) in [6.07, 6.45) is 1.13. The Morgan fingerprint density at radius 2 is 1.81 bits per heavy atom. The maximum atomic E-state index is 10.6. The molecule has 0 aliphatic rings. The first-order valence-electron chi connectivity index (χ1n) is 4.30. The van der Waals surface area contributed by atoms with Gasteiger partial charge in [-0.25, -0.2) is 4.79 Å². The van der Waals surface area contributed by atoms with Crippen LogP contribution in [0.3, 0.4) is 0 Å². The SMILES string of the molecule is C.C.C=CC(=O)OCCOc1ccccc1. The molecule has 16 heavy (non-hydrogen) atoms. The van der Waals surface area contributed by atoms with Gasteiger partial charge < -0.3 is 9.47 Å². The Kier molecular flexibility index (Phi) is 10.2. The first kappa shape index (κ1) is 16.7. The van der Waals surface area contributed by atoms with Gasteiger partial charge in [0.25, 0.3) is 0 Å². The van der Waals surface area contributed by atoms with Crippen LogP contribution in [0, 0.1) is 0 Å². The highest BCUT2D eigenvalue weighted by molar-refractivity contribution is 5.81. The summed E-state index contributed by atoms with van der Waals surface area (Å²) in [5, 5.41) is 0. The number of carbonyl (C=O) groups is 1. The predicted molar refractivity (Wildman–Crippen MR) is 66.6 cm³/mol. The largest absolute Gasteiger partial charge is 0.490 e. The van der Waals surface area contributed by atoms with Gasteiger partial charge in [0, 0.05) is 6.08 Å². The molecule has 0 aliphatic heterocycles. The topological polar surface area (TPSA) is 35.5 Å². The summed E-state index contributed by atoms with van der Waals surface area (Å²) in [4.78, 5) is 10.6. The lowest BCUT2D eigenvalue weighted by Gasteiger charge is -2.05. The molecule has 3 nitrogen and oxygen atoms in total. The van der Waals surface area contributed by atoms with Crippen LogP contribution in [-0.4, -0.2) is 19.2 Å². The quantitative estimate of drug-likeness (QED) is 0.438. The molecule has 0 amide bonds. The van der Waals surface area contributed by atoms with Crippen LogP contribution in [0.1, 0.15) is 14.9 Å². The van der Waals surface area contributed by atoms with Gasteiger partial charge >= 0.3 is 5.97 Å². The lowest BCUT2D eigenvalue weighted by Crippen LogP contribution is -2.09. The van der Waals surface area contributed by atoms with Gasteiger partial charge in [-0.2, -0.15) is 0 Å². The highest BCUT2D eigenvalue weighted by Crippen LogP contribution is 2.07. The third-order valence-corrected chi connectivity index (χ3v) is 1.51. The molecular formula is C13H20O3. The number of benzene rings is 1. The fourth-order valence-corrected chi connectivity index (χ4v) is 0.877. The lowest BCUT2D eigenvalue weighted by atomic mass is 10.3. The second kappa shape index (κ2) is 9.77. The zero-order valence-corrected chi connectivity index (χ0v) is 7.81. The van der Waals surface area contributed by atoms with Gasteiger partial charge in [0.2, 0.25) is 0 Å². The molecule has 0 aliphatic carbocycles. The number of hydrogen-bond donors (Lipinski definition) is 0. The Morgan fingerprint density at radius 3 is 2.38 bits per heavy atom. The molecule has 0 saturated heterocycles. The Hall–Kier alpha value is -1.77. The highest BCUT2D eigenvalue weighted by Gasteiger charge is 1.95. The monoisotopic (exact) mass is 224 g/mol. The number of ether oxygens (including phenoxy) is 2. The van der Waals surface area contributed by atoms with Gasteiger partial charge in [-0.3, -0.25) is 0 Å². The number of carbonyl (C=O) groups excluding carboxylic acids is 1. The van der Waals surface area contributed by atoms with E-state index >= 15 is 0 Å². The lowest BCUT2D eigenvalue weighted by molar-refractivity contribution is -0.138. The number of esters is 1. The third-order valence-electron chi connectivity index (χ3n) is 1.51. The summed E-state index contributed by atoms with van der Waals surface area (Å²) in [5.74, 6) is 0.337. The van der Waals surface area contributed by atoms with Crippen LogP contribution in [0.25, 0.3) is 0 Å². The summed E-state index contributed by atoms with van der Waals surface area (Å²) in [6, 6.07) is 9.35. The molecule has 0 saturated carbocycles. The van der Waals surface area contributed by atoms with Gasteiger partial charge in [-0.05, 0) is 12.1 Å². The Balaban J connectivity index is 0. The summed E-state index contributed by atoms with van der Waals surface area (Å²) < 4.78 is 10.0. The molecule has 0 heterocycles. The second-order valence-electron chi connectivity index (χ2n) is 2.53. The minimum Gasteiger partial charge on any atom is -0.490 e. The number of rotatable bonds is 5. The van der Waals surface area contributed by atoms with Crippen molar-refractivity contribution < 1.29 is 14.3 Å². The smallest absolute Gasteiger partial charge is 0.330 e. The Bertz CT molecular complexity index is 293. The van der Waals surface area contributed by atoms with Crippen molar-refractivity contribution in [3.63, 3.8) is 0 Å². The molecule has 1 rings (SSSR count). The molecule has 0 spiro atoms. The Labute approximate surface area is 97.7 Å². The van der Waals surface area contributed by atoms with Gasteiger partial charge in [0.05, 0.1) is 0 Å². The first-order valence-corrected chi connectivity index (χ1v) is 4.30. The van der Waals surface area contributed by atoms with Crippen molar-refractivity contribution in [3.05, 3.63) is 43.0 Å². The molecule has 90 valence electrons. The average molecular weight is 224 g/mol. The maximum absolute atomic E-state index is 10.6. The van der Waals surface area contributed by atoms with Crippen molar-refractivity contribution >= 4 is 5.97 Å². The van der Waals surface area contributed by atoms with E-state index in [-0.39, 0.29) is 21.5 Å². The zero-order valence-electron chi connectivity index (χ0n) is 7.81. The molecule has 1 aromatic rings. The zero-order chi connectivity index (χ0) is 10.2. The van der Waals surface area contributed by atoms with Crippen LogP contribution >= 0.6 is 0 Å². The normalized spacial score (nSPS) is 8.00. The van der Waals surface area contributed by atoms with Crippen LogP contribution in [0.2, 0.25) is 0 Å². The van der Waals surface area contributed by atoms with Crippen molar-refractivity contribution in [3.8, 4) is 5.75 Å². The molecule has 0 atom stereocenters. The fourth-order valence-electron chi connectivity index (χ4n) is 0.877. The van der Waals surface area contributed by atoms with Crippen molar-refractivity contribution in [1.82, 2.24) is 0 Å². The molecule has 0 fully saturated rings. The van der Waals surface area contributed by atoms with Crippen molar-refractivity contribution in [2.24, 2.45) is 0 Å². The predicted octanol–water partition coefficient (Wildman–Crippen LogP) is 3.07. The fraction of sp³-hybridized carbons (Fsp3) is 0.308. The minimum atomic E-state index is -0.429. The van der Waals surface area contributed by atoms with E-state index in [0.717, 1.165) is 11.8 Å². The van der Waals surface area contributed by atoms with Crippen molar-refractivity contribution in [1.29, 1.82) is 0 Å². The third kappa shape index (κ3) is 6.65. The van der Waals surface area contributed by atoms with E-state index < -0.39 is 5.97 Å². The first-order chi connectivity index (χ1) is 6.83. The van der Waals surface area contributed by atoms with E-state index in [9.17, 15) is 4.79 Å². The molecule has 0 bridgehead atoms. The van der Waals surface area contributed by atoms with Crippen LogP contribution in [-0.2, 0) is 9.53 Å². The van der Waals surface area contributed by atoms with E-state index in [2.05, 4.69) is 6.58 Å². The molecule has 0 unspecified atom stereocenters. The van der Waals surface area contributed by atoms with Crippen LogP contribution < -0.4 is 4.74 Å². The Morgan fingerprint density at radius 1 is 1.19 bits per heavy atom. The van der Waals surface area contributed by atoms with E-state index in [1.807, 2.05) is 30.3 Å². The van der Waals surface area contributed by atoms with Crippen LogP contribution in [0.4, 0.5) is 0 Å². The van der Waals surface area contributed by atoms with E-state index in [0.29, 0.717) is 6.61 Å². The van der Waals surface area contributed by atoms with Crippen molar-refractivity contribution in [2.45, 2.75) is 14.9 Å². The van der Waals surface area contributed by atoms with Gasteiger partial charge in [0.1, 0.15) is 19.0 Å². The molecule has 0 N–H and O–H groups in total. The second-order valence-corrected chi connectivity index (χ2v) is 2.53. The number of hydrogen-bond acceptors (Lipinski definition) is 3. The minimum absolute atomic E-state index is 0. The molecule has 0 aromatic heterocycles. The van der Waals surface area contributed by atoms with Gasteiger partial charge in [0.15, 0.2) is 0 Å². The van der Waals surface area contributed by atoms with Crippen LogP contribution in [0.15, 0.2) is 43.0 Å². The summed E-state index contributed by atoms with van der Waals surface area (Å²) >= 11 is 0. The van der Waals surface area contributed by atoms with Crippen LogP contribution in [0.5, 0.6) is 5.75 Å². The molecule has 1 aromatic carbocycles. The summed E-state index contributed by atoms with van der Waals surface area (Å²) in [5.41, 5.74) is 0. The van der Waals surface area contributed by atoms with Gasteiger partial charge in [-0.15, -0.1) is 0 Å². The van der Waals surface area contributed by atoms with Crippen molar-refractivity contribution in [2.75, 3.05) is 13.2 Å². The van der Waals surface area contributed by atoms with E-state index in [1.165, 1.54) is 0 Å². The number of para-hydroxylation sites is 1. The molecular weight excluding hydrogens is 204 g/mol. The molecule has 0 radical (unpaired) electrons. The summed E-state index contributed by atoms with van der Waals surface area (Å²) in [6.45, 7) is 3.87. The molecule has 3 heteroatoms.